The molecule has 9 heteroatoms. The highest BCUT2D eigenvalue weighted by Crippen LogP contribution is 2.24. The van der Waals surface area contributed by atoms with Gasteiger partial charge in [-0.1, -0.05) is 24.6 Å². The van der Waals surface area contributed by atoms with Gasteiger partial charge in [0.25, 0.3) is 5.91 Å². The number of piperidine rings is 1. The molecule has 0 aromatic heterocycles. The summed E-state index contributed by atoms with van der Waals surface area (Å²) in [6.45, 7) is 4.70. The summed E-state index contributed by atoms with van der Waals surface area (Å²) in [5, 5.41) is 5.78. The molecule has 1 aliphatic rings. The fraction of sp³-hybridized carbons (Fsp3) is 0.364. The van der Waals surface area contributed by atoms with Crippen molar-refractivity contribution in [3.05, 3.63) is 58.6 Å². The van der Waals surface area contributed by atoms with Crippen LogP contribution in [0.5, 0.6) is 0 Å². The second kappa shape index (κ2) is 9.80. The van der Waals surface area contributed by atoms with Crippen LogP contribution in [0.3, 0.4) is 0 Å². The van der Waals surface area contributed by atoms with E-state index in [0.29, 0.717) is 29.7 Å². The molecule has 0 spiro atoms. The average Bonchev–Trinajstić information content (AvgIpc) is 2.75. The molecule has 2 amide bonds. The van der Waals surface area contributed by atoms with Crippen molar-refractivity contribution in [2.45, 2.75) is 31.6 Å². The number of benzene rings is 2. The maximum atomic E-state index is 12.8. The lowest BCUT2D eigenvalue weighted by molar-refractivity contribution is -0.115. The van der Waals surface area contributed by atoms with Gasteiger partial charge in [0.15, 0.2) is 0 Å². The first-order valence-electron chi connectivity index (χ1n) is 10.1. The molecule has 2 aromatic carbocycles. The minimum atomic E-state index is -3.57. The lowest BCUT2D eigenvalue weighted by Crippen LogP contribution is -2.37. The standard InChI is InChI=1S/C22H26ClN3O4S/c1-15-10-12-26(13-11-15)31(29,30)18-8-6-17(7-9-18)22(28)24-14-21(27)25-20-5-3-4-19(23)16(20)2/h3-9,15H,10-14H2,1-2H3,(H,24,28)(H,25,27). The molecule has 166 valence electrons. The van der Waals surface area contributed by atoms with E-state index >= 15 is 0 Å². The molecule has 1 fully saturated rings. The smallest absolute Gasteiger partial charge is 0.251 e. The average molecular weight is 464 g/mol. The van der Waals surface area contributed by atoms with Gasteiger partial charge in [0.2, 0.25) is 15.9 Å². The number of anilines is 1. The zero-order valence-corrected chi connectivity index (χ0v) is 19.1. The predicted octanol–water partition coefficient (Wildman–Crippen LogP) is 3.44. The third kappa shape index (κ3) is 5.64. The fourth-order valence-electron chi connectivity index (χ4n) is 3.35. The van der Waals surface area contributed by atoms with Crippen LogP contribution in [-0.2, 0) is 14.8 Å². The minimum Gasteiger partial charge on any atom is -0.343 e. The third-order valence-corrected chi connectivity index (χ3v) is 7.77. The largest absolute Gasteiger partial charge is 0.343 e. The lowest BCUT2D eigenvalue weighted by atomic mass is 10.0. The Balaban J connectivity index is 1.57. The molecule has 0 bridgehead atoms. The van der Waals surface area contributed by atoms with E-state index in [1.165, 1.54) is 28.6 Å². The van der Waals surface area contributed by atoms with Crippen LogP contribution < -0.4 is 10.6 Å². The maximum Gasteiger partial charge on any atom is 0.251 e. The monoisotopic (exact) mass is 463 g/mol. The van der Waals surface area contributed by atoms with Crippen molar-refractivity contribution >= 4 is 39.1 Å². The topological polar surface area (TPSA) is 95.6 Å². The summed E-state index contributed by atoms with van der Waals surface area (Å²) in [4.78, 5) is 24.7. The first kappa shape index (κ1) is 23.2. The molecule has 0 unspecified atom stereocenters. The van der Waals surface area contributed by atoms with Gasteiger partial charge in [-0.05, 0) is 67.6 Å². The first-order chi connectivity index (χ1) is 14.7. The van der Waals surface area contributed by atoms with Crippen molar-refractivity contribution in [1.29, 1.82) is 0 Å². The van der Waals surface area contributed by atoms with Crippen LogP contribution in [0, 0.1) is 12.8 Å². The van der Waals surface area contributed by atoms with Gasteiger partial charge in [-0.15, -0.1) is 0 Å². The number of hydrogen-bond acceptors (Lipinski definition) is 4. The summed E-state index contributed by atoms with van der Waals surface area (Å²) in [6.07, 6.45) is 1.69. The zero-order valence-electron chi connectivity index (χ0n) is 17.5. The summed E-state index contributed by atoms with van der Waals surface area (Å²) in [5.41, 5.74) is 1.59. The maximum absolute atomic E-state index is 12.8. The number of nitrogens with one attached hydrogen (secondary N) is 2. The number of hydrogen-bond donors (Lipinski definition) is 2. The van der Waals surface area contributed by atoms with Gasteiger partial charge in [0.05, 0.1) is 11.4 Å². The highest BCUT2D eigenvalue weighted by atomic mass is 35.5. The van der Waals surface area contributed by atoms with E-state index in [-0.39, 0.29) is 17.0 Å². The summed E-state index contributed by atoms with van der Waals surface area (Å²) < 4.78 is 27.0. The first-order valence-corrected chi connectivity index (χ1v) is 11.9. The van der Waals surface area contributed by atoms with Crippen molar-refractivity contribution in [2.24, 2.45) is 5.92 Å². The number of rotatable bonds is 6. The Bertz CT molecular complexity index is 1060. The summed E-state index contributed by atoms with van der Waals surface area (Å²) in [7, 11) is -3.57. The Morgan fingerprint density at radius 1 is 1.10 bits per heavy atom. The van der Waals surface area contributed by atoms with E-state index in [1.54, 1.807) is 25.1 Å². The Labute approximate surface area is 187 Å². The molecule has 1 aliphatic heterocycles. The highest BCUT2D eigenvalue weighted by Gasteiger charge is 2.28. The van der Waals surface area contributed by atoms with E-state index in [0.717, 1.165) is 18.4 Å². The SMILES string of the molecule is Cc1c(Cl)cccc1NC(=O)CNC(=O)c1ccc(S(=O)(=O)N2CCC(C)CC2)cc1. The van der Waals surface area contributed by atoms with Crippen LogP contribution in [-0.4, -0.2) is 44.2 Å². The van der Waals surface area contributed by atoms with Crippen LogP contribution in [0.1, 0.15) is 35.7 Å². The molecule has 2 aromatic rings. The second-order valence-electron chi connectivity index (χ2n) is 7.75. The molecule has 1 heterocycles. The van der Waals surface area contributed by atoms with E-state index < -0.39 is 21.8 Å². The van der Waals surface area contributed by atoms with Gasteiger partial charge >= 0.3 is 0 Å². The molecule has 31 heavy (non-hydrogen) atoms. The molecule has 3 rings (SSSR count). The zero-order chi connectivity index (χ0) is 22.6. The third-order valence-electron chi connectivity index (χ3n) is 5.45. The van der Waals surface area contributed by atoms with Crippen molar-refractivity contribution in [3.63, 3.8) is 0 Å². The number of nitrogens with zero attached hydrogens (tertiary/aromatic N) is 1. The Morgan fingerprint density at radius 2 is 1.74 bits per heavy atom. The normalized spacial score (nSPS) is 15.5. The van der Waals surface area contributed by atoms with E-state index in [4.69, 9.17) is 11.6 Å². The van der Waals surface area contributed by atoms with Gasteiger partial charge in [-0.3, -0.25) is 9.59 Å². The van der Waals surface area contributed by atoms with Gasteiger partial charge in [-0.25, -0.2) is 8.42 Å². The van der Waals surface area contributed by atoms with Gasteiger partial charge in [0.1, 0.15) is 0 Å². The Hall–Kier alpha value is -2.42. The molecule has 0 saturated carbocycles. The molecule has 2 N–H and O–H groups in total. The van der Waals surface area contributed by atoms with Crippen LogP contribution in [0.4, 0.5) is 5.69 Å². The van der Waals surface area contributed by atoms with E-state index in [2.05, 4.69) is 17.6 Å². The van der Waals surface area contributed by atoms with Crippen molar-refractivity contribution in [3.8, 4) is 0 Å². The van der Waals surface area contributed by atoms with Gasteiger partial charge < -0.3 is 10.6 Å². The number of halogens is 1. The van der Waals surface area contributed by atoms with Crippen LogP contribution in [0.2, 0.25) is 5.02 Å². The molecule has 1 saturated heterocycles. The summed E-state index contributed by atoms with van der Waals surface area (Å²) in [6, 6.07) is 10.9. The lowest BCUT2D eigenvalue weighted by Gasteiger charge is -2.29. The summed E-state index contributed by atoms with van der Waals surface area (Å²) >= 11 is 6.04. The number of carbonyl (C=O) groups excluding carboxylic acids is 2. The van der Waals surface area contributed by atoms with E-state index in [9.17, 15) is 18.0 Å². The number of carbonyl (C=O) groups is 2. The summed E-state index contributed by atoms with van der Waals surface area (Å²) in [5.74, 6) is -0.330. The van der Waals surface area contributed by atoms with Crippen molar-refractivity contribution < 1.29 is 18.0 Å². The Morgan fingerprint density at radius 3 is 2.39 bits per heavy atom. The van der Waals surface area contributed by atoms with Gasteiger partial charge in [-0.2, -0.15) is 4.31 Å². The predicted molar refractivity (Wildman–Crippen MR) is 121 cm³/mol. The quantitative estimate of drug-likeness (QED) is 0.685. The number of sulfonamides is 1. The second-order valence-corrected chi connectivity index (χ2v) is 10.1. The van der Waals surface area contributed by atoms with Crippen LogP contribution in [0.15, 0.2) is 47.4 Å². The molecule has 0 atom stereocenters. The molecular weight excluding hydrogens is 438 g/mol. The molecule has 7 nitrogen and oxygen atoms in total. The van der Waals surface area contributed by atoms with Crippen molar-refractivity contribution in [1.82, 2.24) is 9.62 Å². The highest BCUT2D eigenvalue weighted by molar-refractivity contribution is 7.89. The van der Waals surface area contributed by atoms with E-state index in [1.807, 2.05) is 0 Å². The fourth-order valence-corrected chi connectivity index (χ4v) is 5.00. The number of amides is 2. The molecule has 0 radical (unpaired) electrons. The van der Waals surface area contributed by atoms with Gasteiger partial charge in [0, 0.05) is 29.4 Å². The Kier molecular flexibility index (Phi) is 7.35. The molecule has 0 aliphatic carbocycles. The van der Waals surface area contributed by atoms with Crippen molar-refractivity contribution in [2.75, 3.05) is 25.0 Å². The minimum absolute atomic E-state index is 0.160. The molecular formula is C22H26ClN3O4S. The van der Waals surface area contributed by atoms with Crippen LogP contribution in [0.25, 0.3) is 0 Å². The van der Waals surface area contributed by atoms with Crippen LogP contribution >= 0.6 is 11.6 Å².